The number of hydrogen-bond donors (Lipinski definition) is 1. The summed E-state index contributed by atoms with van der Waals surface area (Å²) in [4.78, 5) is 19.1. The number of anilines is 1. The van der Waals surface area contributed by atoms with Crippen LogP contribution in [0.25, 0.3) is 11.4 Å². The Morgan fingerprint density at radius 1 is 1.25 bits per heavy atom. The van der Waals surface area contributed by atoms with Crippen LogP contribution in [0.4, 0.5) is 10.5 Å². The summed E-state index contributed by atoms with van der Waals surface area (Å²) in [7, 11) is 1.62. The summed E-state index contributed by atoms with van der Waals surface area (Å²) in [6, 6.07) is 14.8. The Morgan fingerprint density at radius 3 is 2.82 bits per heavy atom. The molecule has 28 heavy (non-hydrogen) atoms. The fourth-order valence-corrected chi connectivity index (χ4v) is 3.41. The van der Waals surface area contributed by atoms with Crippen molar-refractivity contribution in [1.82, 2.24) is 15.0 Å². The second-order valence-corrected chi connectivity index (χ2v) is 6.84. The van der Waals surface area contributed by atoms with E-state index in [1.54, 1.807) is 12.0 Å². The molecular weight excluding hydrogens is 356 g/mol. The van der Waals surface area contributed by atoms with Crippen LogP contribution < -0.4 is 10.1 Å². The molecule has 7 nitrogen and oxygen atoms in total. The van der Waals surface area contributed by atoms with E-state index in [0.29, 0.717) is 18.3 Å². The number of carbonyl (C=O) groups is 1. The number of methoxy groups -OCH3 is 1. The molecule has 2 aromatic carbocycles. The molecule has 1 aliphatic rings. The Balaban J connectivity index is 1.50. The predicted octanol–water partition coefficient (Wildman–Crippen LogP) is 4.42. The third kappa shape index (κ3) is 3.69. The molecule has 4 rings (SSSR count). The number of aryl methyl sites for hydroxylation is 1. The van der Waals surface area contributed by atoms with Crippen LogP contribution in [-0.2, 0) is 0 Å². The highest BCUT2D eigenvalue weighted by atomic mass is 16.5. The number of amides is 2. The highest BCUT2D eigenvalue weighted by molar-refractivity contribution is 5.89. The van der Waals surface area contributed by atoms with Gasteiger partial charge in [-0.2, -0.15) is 4.98 Å². The second kappa shape index (κ2) is 7.72. The topological polar surface area (TPSA) is 80.5 Å². The summed E-state index contributed by atoms with van der Waals surface area (Å²) >= 11 is 0. The van der Waals surface area contributed by atoms with E-state index in [-0.39, 0.29) is 12.1 Å². The molecule has 1 N–H and O–H groups in total. The number of ether oxygens (including phenoxy) is 1. The van der Waals surface area contributed by atoms with Gasteiger partial charge in [0, 0.05) is 17.8 Å². The molecule has 0 bridgehead atoms. The molecule has 1 fully saturated rings. The molecular formula is C21H22N4O3. The maximum Gasteiger partial charge on any atom is 0.322 e. The van der Waals surface area contributed by atoms with Gasteiger partial charge in [-0.25, -0.2) is 4.79 Å². The van der Waals surface area contributed by atoms with Crippen molar-refractivity contribution in [3.63, 3.8) is 0 Å². The van der Waals surface area contributed by atoms with Gasteiger partial charge < -0.3 is 19.5 Å². The normalized spacial score (nSPS) is 16.2. The molecule has 3 aromatic rings. The summed E-state index contributed by atoms with van der Waals surface area (Å²) in [5.74, 6) is 1.73. The largest absolute Gasteiger partial charge is 0.497 e. The predicted molar refractivity (Wildman–Crippen MR) is 105 cm³/mol. The van der Waals surface area contributed by atoms with Gasteiger partial charge in [0.1, 0.15) is 11.8 Å². The van der Waals surface area contributed by atoms with Crippen LogP contribution in [0.3, 0.4) is 0 Å². The van der Waals surface area contributed by atoms with E-state index in [1.807, 2.05) is 55.5 Å². The van der Waals surface area contributed by atoms with Crippen LogP contribution in [0.5, 0.6) is 5.75 Å². The zero-order valence-electron chi connectivity index (χ0n) is 15.9. The standard InChI is InChI=1S/C21H22N4O3/c1-14-5-3-6-16(13-14)22-21(26)25-12-4-7-18(25)20-23-19(24-28-20)15-8-10-17(27-2)11-9-15/h3,5-6,8-11,13,18H,4,7,12H2,1-2H3,(H,22,26)/t18-/m0/s1. The van der Waals surface area contributed by atoms with Crippen molar-refractivity contribution in [2.75, 3.05) is 19.0 Å². The Hall–Kier alpha value is -3.35. The van der Waals surface area contributed by atoms with Crippen molar-refractivity contribution in [1.29, 1.82) is 0 Å². The van der Waals surface area contributed by atoms with Crippen molar-refractivity contribution in [3.8, 4) is 17.1 Å². The van der Waals surface area contributed by atoms with E-state index in [4.69, 9.17) is 9.26 Å². The van der Waals surface area contributed by atoms with Crippen LogP contribution in [0.1, 0.15) is 30.3 Å². The van der Waals surface area contributed by atoms with Gasteiger partial charge in [-0.05, 0) is 61.7 Å². The number of nitrogens with one attached hydrogen (secondary N) is 1. The Kier molecular flexibility index (Phi) is 4.97. The highest BCUT2D eigenvalue weighted by Crippen LogP contribution is 2.32. The number of carbonyl (C=O) groups excluding carboxylic acids is 1. The number of urea groups is 1. The summed E-state index contributed by atoms with van der Waals surface area (Å²) in [6.45, 7) is 2.65. The first-order valence-corrected chi connectivity index (χ1v) is 9.26. The monoisotopic (exact) mass is 378 g/mol. The molecule has 144 valence electrons. The van der Waals surface area contributed by atoms with E-state index in [9.17, 15) is 4.79 Å². The lowest BCUT2D eigenvalue weighted by Crippen LogP contribution is -2.34. The molecule has 1 saturated heterocycles. The zero-order valence-corrected chi connectivity index (χ0v) is 15.9. The fraction of sp³-hybridized carbons (Fsp3) is 0.286. The average molecular weight is 378 g/mol. The van der Waals surface area contributed by atoms with E-state index in [1.165, 1.54) is 0 Å². The molecule has 2 amide bonds. The first kappa shape index (κ1) is 18.0. The van der Waals surface area contributed by atoms with E-state index in [0.717, 1.165) is 35.4 Å². The number of hydrogen-bond acceptors (Lipinski definition) is 5. The maximum atomic E-state index is 12.8. The van der Waals surface area contributed by atoms with Crippen LogP contribution in [-0.4, -0.2) is 34.7 Å². The summed E-state index contributed by atoms with van der Waals surface area (Å²) in [5.41, 5.74) is 2.71. The lowest BCUT2D eigenvalue weighted by molar-refractivity contribution is 0.193. The minimum atomic E-state index is -0.218. The van der Waals surface area contributed by atoms with Gasteiger partial charge in [0.2, 0.25) is 11.7 Å². The minimum Gasteiger partial charge on any atom is -0.497 e. The molecule has 1 aromatic heterocycles. The Morgan fingerprint density at radius 2 is 2.07 bits per heavy atom. The average Bonchev–Trinajstić information content (AvgIpc) is 3.37. The van der Waals surface area contributed by atoms with Crippen molar-refractivity contribution >= 4 is 11.7 Å². The lowest BCUT2D eigenvalue weighted by atomic mass is 10.2. The smallest absolute Gasteiger partial charge is 0.322 e. The highest BCUT2D eigenvalue weighted by Gasteiger charge is 2.34. The van der Waals surface area contributed by atoms with Gasteiger partial charge in [0.15, 0.2) is 0 Å². The van der Waals surface area contributed by atoms with Crippen LogP contribution in [0, 0.1) is 6.92 Å². The van der Waals surface area contributed by atoms with Crippen molar-refractivity contribution in [2.24, 2.45) is 0 Å². The number of rotatable bonds is 4. The Labute approximate surface area is 163 Å². The molecule has 0 radical (unpaired) electrons. The van der Waals surface area contributed by atoms with Crippen LogP contribution in [0.2, 0.25) is 0 Å². The molecule has 0 unspecified atom stereocenters. The van der Waals surface area contributed by atoms with Crippen molar-refractivity contribution in [2.45, 2.75) is 25.8 Å². The summed E-state index contributed by atoms with van der Waals surface area (Å²) < 4.78 is 10.7. The van der Waals surface area contributed by atoms with Gasteiger partial charge >= 0.3 is 6.03 Å². The summed E-state index contributed by atoms with van der Waals surface area (Å²) in [6.07, 6.45) is 1.69. The molecule has 2 heterocycles. The van der Waals surface area contributed by atoms with Crippen LogP contribution >= 0.6 is 0 Å². The van der Waals surface area contributed by atoms with E-state index in [2.05, 4.69) is 15.5 Å². The van der Waals surface area contributed by atoms with Crippen LogP contribution in [0.15, 0.2) is 53.1 Å². The lowest BCUT2D eigenvalue weighted by Gasteiger charge is -2.22. The van der Waals surface area contributed by atoms with Gasteiger partial charge in [0.05, 0.1) is 7.11 Å². The molecule has 0 aliphatic carbocycles. The second-order valence-electron chi connectivity index (χ2n) is 6.84. The maximum absolute atomic E-state index is 12.8. The third-order valence-corrected chi connectivity index (χ3v) is 4.86. The van der Waals surface area contributed by atoms with Crippen molar-refractivity contribution in [3.05, 3.63) is 60.0 Å². The summed E-state index contributed by atoms with van der Waals surface area (Å²) in [5, 5.41) is 7.05. The minimum absolute atomic E-state index is 0.155. The number of benzene rings is 2. The molecule has 0 saturated carbocycles. The molecule has 0 spiro atoms. The number of aromatic nitrogens is 2. The van der Waals surface area contributed by atoms with Gasteiger partial charge in [0.25, 0.3) is 0 Å². The number of nitrogens with zero attached hydrogens (tertiary/aromatic N) is 3. The van der Waals surface area contributed by atoms with E-state index < -0.39 is 0 Å². The van der Waals surface area contributed by atoms with Gasteiger partial charge in [-0.15, -0.1) is 0 Å². The first-order chi connectivity index (χ1) is 13.6. The third-order valence-electron chi connectivity index (χ3n) is 4.86. The Bertz CT molecular complexity index is 968. The molecule has 7 heteroatoms. The van der Waals surface area contributed by atoms with Gasteiger partial charge in [-0.1, -0.05) is 17.3 Å². The molecule has 1 aliphatic heterocycles. The van der Waals surface area contributed by atoms with Gasteiger partial charge in [-0.3, -0.25) is 0 Å². The fourth-order valence-electron chi connectivity index (χ4n) is 3.41. The van der Waals surface area contributed by atoms with E-state index >= 15 is 0 Å². The quantitative estimate of drug-likeness (QED) is 0.727. The zero-order chi connectivity index (χ0) is 19.5. The number of likely N-dealkylation sites (tertiary alicyclic amines) is 1. The SMILES string of the molecule is COc1ccc(-c2noc([C@@H]3CCCN3C(=O)Nc3cccc(C)c3)n2)cc1. The van der Waals surface area contributed by atoms with Crippen molar-refractivity contribution < 1.29 is 14.1 Å². The first-order valence-electron chi connectivity index (χ1n) is 9.26. The molecule has 1 atom stereocenters.